The van der Waals surface area contributed by atoms with E-state index in [0.717, 1.165) is 13.0 Å². The van der Waals surface area contributed by atoms with Crippen LogP contribution >= 0.6 is 38.6 Å². The van der Waals surface area contributed by atoms with E-state index in [1.807, 2.05) is 11.3 Å². The Balaban J connectivity index is 1.82. The molecule has 0 saturated heterocycles. The van der Waals surface area contributed by atoms with E-state index >= 15 is 0 Å². The van der Waals surface area contributed by atoms with Gasteiger partial charge >= 0.3 is 0 Å². The average Bonchev–Trinajstić information content (AvgIpc) is 2.99. The number of thiophene rings is 2. The molecule has 0 amide bonds. The summed E-state index contributed by atoms with van der Waals surface area (Å²) in [6, 6.07) is 5.11. The first-order chi connectivity index (χ1) is 10.3. The Morgan fingerprint density at radius 1 is 1.29 bits per heavy atom. The maximum absolute atomic E-state index is 3.69. The molecule has 0 bridgehead atoms. The van der Waals surface area contributed by atoms with Gasteiger partial charge in [-0.15, -0.1) is 22.7 Å². The summed E-state index contributed by atoms with van der Waals surface area (Å²) in [7, 11) is 0. The standard InChI is InChI=1S/C17H22BrNS2/c1-2-19-14(11-16-13(18)8-9-20-16)17-10-12-6-4-3-5-7-15(12)21-17/h8-10,14,19H,2-7,11H2,1H3. The number of nitrogens with one attached hydrogen (secondary N) is 1. The Morgan fingerprint density at radius 3 is 2.90 bits per heavy atom. The second kappa shape index (κ2) is 7.40. The van der Waals surface area contributed by atoms with Crippen molar-refractivity contribution in [3.63, 3.8) is 0 Å². The molecule has 2 heterocycles. The van der Waals surface area contributed by atoms with Crippen LogP contribution in [0.3, 0.4) is 0 Å². The molecule has 1 N–H and O–H groups in total. The van der Waals surface area contributed by atoms with Crippen molar-refractivity contribution in [1.29, 1.82) is 0 Å². The third-order valence-electron chi connectivity index (χ3n) is 4.14. The SMILES string of the molecule is CCNC(Cc1sccc1Br)c1cc2c(s1)CCCCC2. The summed E-state index contributed by atoms with van der Waals surface area (Å²) >= 11 is 7.58. The summed E-state index contributed by atoms with van der Waals surface area (Å²) in [6.07, 6.45) is 7.80. The molecule has 2 aromatic rings. The summed E-state index contributed by atoms with van der Waals surface area (Å²) in [6.45, 7) is 3.23. The lowest BCUT2D eigenvalue weighted by Gasteiger charge is -2.16. The van der Waals surface area contributed by atoms with Crippen molar-refractivity contribution in [2.24, 2.45) is 0 Å². The molecule has 2 aromatic heterocycles. The van der Waals surface area contributed by atoms with Gasteiger partial charge in [0.05, 0.1) is 0 Å². The zero-order chi connectivity index (χ0) is 14.7. The summed E-state index contributed by atoms with van der Waals surface area (Å²) in [5.74, 6) is 0. The van der Waals surface area contributed by atoms with Crippen molar-refractivity contribution in [3.05, 3.63) is 42.2 Å². The van der Waals surface area contributed by atoms with E-state index in [9.17, 15) is 0 Å². The van der Waals surface area contributed by atoms with E-state index in [2.05, 4.69) is 57.0 Å². The first-order valence-corrected chi connectivity index (χ1v) is 10.3. The minimum absolute atomic E-state index is 0.460. The lowest BCUT2D eigenvalue weighted by molar-refractivity contribution is 0.560. The highest BCUT2D eigenvalue weighted by Gasteiger charge is 2.19. The zero-order valence-electron chi connectivity index (χ0n) is 12.5. The Kier molecular flexibility index (Phi) is 5.54. The first-order valence-electron chi connectivity index (χ1n) is 7.84. The molecule has 114 valence electrons. The van der Waals surface area contributed by atoms with Crippen LogP contribution in [0.1, 0.15) is 52.4 Å². The minimum Gasteiger partial charge on any atom is -0.309 e. The van der Waals surface area contributed by atoms with E-state index in [-0.39, 0.29) is 0 Å². The highest BCUT2D eigenvalue weighted by atomic mass is 79.9. The number of rotatable bonds is 5. The van der Waals surface area contributed by atoms with Crippen LogP contribution in [0.15, 0.2) is 22.0 Å². The normalized spacial score (nSPS) is 16.5. The van der Waals surface area contributed by atoms with Crippen LogP contribution in [0.4, 0.5) is 0 Å². The maximum Gasteiger partial charge on any atom is 0.0464 e. The topological polar surface area (TPSA) is 12.0 Å². The predicted octanol–water partition coefficient (Wildman–Crippen LogP) is 5.73. The van der Waals surface area contributed by atoms with Crippen LogP contribution < -0.4 is 5.32 Å². The number of aryl methyl sites for hydroxylation is 2. The molecular weight excluding hydrogens is 362 g/mol. The van der Waals surface area contributed by atoms with Crippen LogP contribution in [0.5, 0.6) is 0 Å². The van der Waals surface area contributed by atoms with Crippen LogP contribution in [-0.4, -0.2) is 6.54 Å². The van der Waals surface area contributed by atoms with Crippen LogP contribution in [-0.2, 0) is 19.3 Å². The van der Waals surface area contributed by atoms with Crippen molar-refractivity contribution in [2.45, 2.75) is 51.5 Å². The number of likely N-dealkylation sites (N-methyl/N-ethyl adjacent to an activating group) is 1. The van der Waals surface area contributed by atoms with Gasteiger partial charge in [-0.2, -0.15) is 0 Å². The number of hydrogen-bond acceptors (Lipinski definition) is 3. The van der Waals surface area contributed by atoms with Gasteiger partial charge in [0.1, 0.15) is 0 Å². The molecule has 0 fully saturated rings. The fraction of sp³-hybridized carbons (Fsp3) is 0.529. The van der Waals surface area contributed by atoms with E-state index in [1.165, 1.54) is 46.3 Å². The minimum atomic E-state index is 0.460. The van der Waals surface area contributed by atoms with Crippen LogP contribution in [0.25, 0.3) is 0 Å². The van der Waals surface area contributed by atoms with E-state index in [1.54, 1.807) is 10.4 Å². The van der Waals surface area contributed by atoms with E-state index < -0.39 is 0 Å². The van der Waals surface area contributed by atoms with Gasteiger partial charge in [-0.25, -0.2) is 0 Å². The molecule has 21 heavy (non-hydrogen) atoms. The second-order valence-electron chi connectivity index (χ2n) is 5.66. The molecule has 4 heteroatoms. The third-order valence-corrected chi connectivity index (χ3v) is 7.44. The highest BCUT2D eigenvalue weighted by molar-refractivity contribution is 9.10. The summed E-state index contributed by atoms with van der Waals surface area (Å²) in [4.78, 5) is 4.63. The number of fused-ring (bicyclic) bond motifs is 1. The van der Waals surface area contributed by atoms with Crippen molar-refractivity contribution < 1.29 is 0 Å². The Bertz CT molecular complexity index is 564. The van der Waals surface area contributed by atoms with Gasteiger partial charge in [0, 0.05) is 31.6 Å². The zero-order valence-corrected chi connectivity index (χ0v) is 15.7. The van der Waals surface area contributed by atoms with Crippen molar-refractivity contribution in [2.75, 3.05) is 6.54 Å². The second-order valence-corrected chi connectivity index (χ2v) is 8.69. The molecule has 3 rings (SSSR count). The van der Waals surface area contributed by atoms with Gasteiger partial charge in [0.25, 0.3) is 0 Å². The molecule has 1 atom stereocenters. The van der Waals surface area contributed by atoms with Crippen molar-refractivity contribution in [3.8, 4) is 0 Å². The molecule has 1 nitrogen and oxygen atoms in total. The van der Waals surface area contributed by atoms with Crippen molar-refractivity contribution >= 4 is 38.6 Å². The Hall–Kier alpha value is -0.160. The molecule has 1 unspecified atom stereocenters. The van der Waals surface area contributed by atoms with Gasteiger partial charge in [-0.3, -0.25) is 0 Å². The smallest absolute Gasteiger partial charge is 0.0464 e. The molecule has 1 aliphatic carbocycles. The summed E-state index contributed by atoms with van der Waals surface area (Å²) < 4.78 is 1.26. The quantitative estimate of drug-likeness (QED) is 0.649. The molecular formula is C17H22BrNS2. The first kappa shape index (κ1) is 15.7. The van der Waals surface area contributed by atoms with Gasteiger partial charge in [-0.1, -0.05) is 13.3 Å². The van der Waals surface area contributed by atoms with Gasteiger partial charge < -0.3 is 5.32 Å². The Labute approximate surface area is 143 Å². The number of halogens is 1. The lowest BCUT2D eigenvalue weighted by atomic mass is 10.1. The van der Waals surface area contributed by atoms with Crippen molar-refractivity contribution in [1.82, 2.24) is 5.32 Å². The van der Waals surface area contributed by atoms with E-state index in [0.29, 0.717) is 6.04 Å². The largest absolute Gasteiger partial charge is 0.309 e. The van der Waals surface area contributed by atoms with Gasteiger partial charge in [0.15, 0.2) is 0 Å². The molecule has 0 aromatic carbocycles. The Morgan fingerprint density at radius 2 is 2.14 bits per heavy atom. The van der Waals surface area contributed by atoms with Crippen LogP contribution in [0, 0.1) is 0 Å². The predicted molar refractivity (Wildman–Crippen MR) is 97.7 cm³/mol. The maximum atomic E-state index is 3.69. The van der Waals surface area contributed by atoms with Crippen LogP contribution in [0.2, 0.25) is 0 Å². The van der Waals surface area contributed by atoms with E-state index in [4.69, 9.17) is 0 Å². The van der Waals surface area contributed by atoms with Gasteiger partial charge in [-0.05, 0) is 71.2 Å². The molecule has 0 spiro atoms. The summed E-state index contributed by atoms with van der Waals surface area (Å²) in [5.41, 5.74) is 1.63. The van der Waals surface area contributed by atoms with Gasteiger partial charge in [0.2, 0.25) is 0 Å². The fourth-order valence-corrected chi connectivity index (χ4v) is 5.93. The highest BCUT2D eigenvalue weighted by Crippen LogP contribution is 2.35. The fourth-order valence-electron chi connectivity index (χ4n) is 3.04. The molecule has 0 radical (unpaired) electrons. The molecule has 1 aliphatic rings. The number of hydrogen-bond donors (Lipinski definition) is 1. The molecule has 0 aliphatic heterocycles. The molecule has 0 saturated carbocycles. The average molecular weight is 384 g/mol. The monoisotopic (exact) mass is 383 g/mol. The lowest BCUT2D eigenvalue weighted by Crippen LogP contribution is -2.21. The summed E-state index contributed by atoms with van der Waals surface area (Å²) in [5, 5.41) is 5.86. The third kappa shape index (κ3) is 3.79.